The van der Waals surface area contributed by atoms with E-state index >= 15 is 0 Å². The number of hydrogen-bond acceptors (Lipinski definition) is 4. The minimum atomic E-state index is -2.87. The van der Waals surface area contributed by atoms with E-state index in [1.165, 1.54) is 6.07 Å². The Labute approximate surface area is 118 Å². The summed E-state index contributed by atoms with van der Waals surface area (Å²) >= 11 is 0. The normalized spacial score (nSPS) is 10.5. The summed E-state index contributed by atoms with van der Waals surface area (Å²) in [6.07, 6.45) is 0. The molecule has 1 rings (SSSR count). The maximum atomic E-state index is 12.2. The third kappa shape index (κ3) is 5.94. The Bertz CT molecular complexity index is 391. The summed E-state index contributed by atoms with van der Waals surface area (Å²) in [6.45, 7) is -1.22. The molecule has 0 atom stereocenters. The van der Waals surface area contributed by atoms with Crippen LogP contribution in [0, 0.1) is 0 Å². The molecule has 0 amide bonds. The zero-order valence-electron chi connectivity index (χ0n) is 11.3. The number of ether oxygens (including phenoxy) is 1. The monoisotopic (exact) mass is 295 g/mol. The third-order valence-electron chi connectivity index (χ3n) is 2.54. The van der Waals surface area contributed by atoms with Gasteiger partial charge in [-0.15, -0.1) is 12.4 Å². The average Bonchev–Trinajstić information content (AvgIpc) is 2.28. The second kappa shape index (κ2) is 8.01. The Kier molecular flexibility index (Phi) is 7.48. The average molecular weight is 296 g/mol. The quantitative estimate of drug-likeness (QED) is 0.818. The van der Waals surface area contributed by atoms with Gasteiger partial charge in [-0.05, 0) is 26.2 Å². The molecule has 0 spiro atoms. The van der Waals surface area contributed by atoms with Crippen LogP contribution < -0.4 is 15.4 Å². The number of rotatable bonds is 6. The number of benzene rings is 1. The highest BCUT2D eigenvalue weighted by Gasteiger charge is 2.10. The molecule has 0 fully saturated rings. The van der Waals surface area contributed by atoms with Gasteiger partial charge < -0.3 is 20.3 Å². The van der Waals surface area contributed by atoms with Gasteiger partial charge in [-0.25, -0.2) is 0 Å². The number of nitrogen functional groups attached to an aromatic ring is 1. The van der Waals surface area contributed by atoms with Gasteiger partial charge in [-0.1, -0.05) is 0 Å². The van der Waals surface area contributed by atoms with Gasteiger partial charge in [0, 0.05) is 31.9 Å². The zero-order chi connectivity index (χ0) is 13.7. The molecule has 0 saturated carbocycles. The SMILES string of the molecule is CN(C)CCN(C)c1ccc(N)c(OC(F)F)c1.Cl. The van der Waals surface area contributed by atoms with Crippen LogP contribution in [0.1, 0.15) is 0 Å². The maximum absolute atomic E-state index is 12.2. The first-order valence-corrected chi connectivity index (χ1v) is 5.60. The molecule has 0 radical (unpaired) electrons. The second-order valence-corrected chi connectivity index (χ2v) is 4.33. The lowest BCUT2D eigenvalue weighted by Gasteiger charge is -2.22. The first-order valence-electron chi connectivity index (χ1n) is 5.60. The Morgan fingerprint density at radius 3 is 2.37 bits per heavy atom. The first-order chi connectivity index (χ1) is 8.40. The van der Waals surface area contributed by atoms with Gasteiger partial charge >= 0.3 is 6.61 Å². The van der Waals surface area contributed by atoms with E-state index in [0.717, 1.165) is 18.8 Å². The number of likely N-dealkylation sites (N-methyl/N-ethyl adjacent to an activating group) is 2. The van der Waals surface area contributed by atoms with Gasteiger partial charge in [0.15, 0.2) is 5.75 Å². The van der Waals surface area contributed by atoms with Crippen molar-refractivity contribution in [2.45, 2.75) is 6.61 Å². The van der Waals surface area contributed by atoms with Crippen LogP contribution in [0.2, 0.25) is 0 Å². The van der Waals surface area contributed by atoms with Crippen molar-refractivity contribution in [2.24, 2.45) is 0 Å². The van der Waals surface area contributed by atoms with Crippen LogP contribution in [-0.4, -0.2) is 45.7 Å². The van der Waals surface area contributed by atoms with Gasteiger partial charge in [-0.2, -0.15) is 8.78 Å². The molecular formula is C12H20ClF2N3O. The van der Waals surface area contributed by atoms with Gasteiger partial charge in [0.2, 0.25) is 0 Å². The summed E-state index contributed by atoms with van der Waals surface area (Å²) in [5.74, 6) is 0.0132. The number of halogens is 3. The lowest BCUT2D eigenvalue weighted by molar-refractivity contribution is -0.0493. The van der Waals surface area contributed by atoms with Gasteiger partial charge in [0.1, 0.15) is 0 Å². The van der Waals surface area contributed by atoms with Crippen LogP contribution in [0.25, 0.3) is 0 Å². The van der Waals surface area contributed by atoms with Crippen LogP contribution in [-0.2, 0) is 0 Å². The summed E-state index contributed by atoms with van der Waals surface area (Å²) in [7, 11) is 5.84. The van der Waals surface area contributed by atoms with Crippen LogP contribution >= 0.6 is 12.4 Å². The fourth-order valence-electron chi connectivity index (χ4n) is 1.44. The molecule has 2 N–H and O–H groups in total. The molecule has 1 aromatic rings. The molecule has 110 valence electrons. The Hall–Kier alpha value is -1.27. The summed E-state index contributed by atoms with van der Waals surface area (Å²) in [5, 5.41) is 0. The number of nitrogens with zero attached hydrogens (tertiary/aromatic N) is 2. The smallest absolute Gasteiger partial charge is 0.387 e. The van der Waals surface area contributed by atoms with E-state index in [9.17, 15) is 8.78 Å². The van der Waals surface area contributed by atoms with Crippen LogP contribution in [0.15, 0.2) is 18.2 Å². The van der Waals surface area contributed by atoms with Crippen LogP contribution in [0.4, 0.5) is 20.2 Å². The van der Waals surface area contributed by atoms with Crippen molar-refractivity contribution in [3.8, 4) is 5.75 Å². The minimum Gasteiger partial charge on any atom is -0.433 e. The Morgan fingerprint density at radius 1 is 1.21 bits per heavy atom. The lowest BCUT2D eigenvalue weighted by Crippen LogP contribution is -2.28. The number of nitrogens with two attached hydrogens (primary N) is 1. The minimum absolute atomic E-state index is 0. The van der Waals surface area contributed by atoms with Crippen LogP contribution in [0.5, 0.6) is 5.75 Å². The molecule has 7 heteroatoms. The predicted octanol–water partition coefficient (Wildman–Crippen LogP) is 2.29. The van der Waals surface area contributed by atoms with Crippen molar-refractivity contribution >= 4 is 23.8 Å². The molecule has 0 aliphatic carbocycles. The van der Waals surface area contributed by atoms with E-state index < -0.39 is 6.61 Å². The molecule has 1 aromatic carbocycles. The molecule has 0 aliphatic rings. The fraction of sp³-hybridized carbons (Fsp3) is 0.500. The highest BCUT2D eigenvalue weighted by molar-refractivity contribution is 5.85. The lowest BCUT2D eigenvalue weighted by atomic mass is 10.2. The van der Waals surface area contributed by atoms with Gasteiger partial charge in [0.25, 0.3) is 0 Å². The van der Waals surface area contributed by atoms with Crippen molar-refractivity contribution in [3.05, 3.63) is 18.2 Å². The summed E-state index contributed by atoms with van der Waals surface area (Å²) in [5.41, 5.74) is 6.58. The summed E-state index contributed by atoms with van der Waals surface area (Å²) in [6, 6.07) is 4.87. The molecule has 0 heterocycles. The first kappa shape index (κ1) is 17.7. The summed E-state index contributed by atoms with van der Waals surface area (Å²) in [4.78, 5) is 4.00. The molecule has 4 nitrogen and oxygen atoms in total. The van der Waals surface area contributed by atoms with Crippen LogP contribution in [0.3, 0.4) is 0 Å². The fourth-order valence-corrected chi connectivity index (χ4v) is 1.44. The molecule has 0 saturated heterocycles. The maximum Gasteiger partial charge on any atom is 0.387 e. The topological polar surface area (TPSA) is 41.7 Å². The Balaban J connectivity index is 0.00000324. The van der Waals surface area contributed by atoms with Crippen molar-refractivity contribution in [3.63, 3.8) is 0 Å². The molecule has 19 heavy (non-hydrogen) atoms. The molecule has 0 bridgehead atoms. The Morgan fingerprint density at radius 2 is 1.84 bits per heavy atom. The van der Waals surface area contributed by atoms with Gasteiger partial charge in [0.05, 0.1) is 5.69 Å². The highest BCUT2D eigenvalue weighted by Crippen LogP contribution is 2.28. The predicted molar refractivity (Wildman–Crippen MR) is 76.6 cm³/mol. The number of hydrogen-bond donors (Lipinski definition) is 1. The second-order valence-electron chi connectivity index (χ2n) is 4.33. The highest BCUT2D eigenvalue weighted by atomic mass is 35.5. The number of alkyl halides is 2. The van der Waals surface area contributed by atoms with E-state index in [1.807, 2.05) is 30.9 Å². The number of anilines is 2. The van der Waals surface area contributed by atoms with Gasteiger partial charge in [-0.3, -0.25) is 0 Å². The van der Waals surface area contributed by atoms with Crippen molar-refractivity contribution in [1.29, 1.82) is 0 Å². The van der Waals surface area contributed by atoms with E-state index in [1.54, 1.807) is 12.1 Å². The third-order valence-corrected chi connectivity index (χ3v) is 2.54. The van der Waals surface area contributed by atoms with E-state index in [-0.39, 0.29) is 23.8 Å². The molecule has 0 aliphatic heterocycles. The van der Waals surface area contributed by atoms with Crippen molar-refractivity contribution in [2.75, 3.05) is 44.9 Å². The molecular weight excluding hydrogens is 276 g/mol. The van der Waals surface area contributed by atoms with E-state index in [0.29, 0.717) is 0 Å². The standard InChI is InChI=1S/C12H19F2N3O.ClH/c1-16(2)6-7-17(3)9-4-5-10(15)11(8-9)18-12(13)14;/h4-5,8,12H,6-7,15H2,1-3H3;1H. The summed E-state index contributed by atoms with van der Waals surface area (Å²) < 4.78 is 28.7. The zero-order valence-corrected chi connectivity index (χ0v) is 12.1. The van der Waals surface area contributed by atoms with Crippen molar-refractivity contribution in [1.82, 2.24) is 4.90 Å². The largest absolute Gasteiger partial charge is 0.433 e. The van der Waals surface area contributed by atoms with E-state index in [2.05, 4.69) is 4.74 Å². The molecule has 0 unspecified atom stereocenters. The molecule has 0 aromatic heterocycles. The van der Waals surface area contributed by atoms with E-state index in [4.69, 9.17) is 5.73 Å². The van der Waals surface area contributed by atoms with Crippen molar-refractivity contribution < 1.29 is 13.5 Å².